The molecule has 5 heteroatoms. The van der Waals surface area contributed by atoms with Gasteiger partial charge in [-0.1, -0.05) is 0 Å². The lowest BCUT2D eigenvalue weighted by molar-refractivity contribution is -0.140. The van der Waals surface area contributed by atoms with Crippen LogP contribution in [0.3, 0.4) is 0 Å². The number of piperazine rings is 1. The van der Waals surface area contributed by atoms with Gasteiger partial charge in [0.2, 0.25) is 11.8 Å². The van der Waals surface area contributed by atoms with Gasteiger partial charge in [-0.05, 0) is 13.3 Å². The number of carbonyl (C=O) groups excluding carboxylic acids is 2. The predicted molar refractivity (Wildman–Crippen MR) is 59.8 cm³/mol. The van der Waals surface area contributed by atoms with E-state index in [1.165, 1.54) is 0 Å². The molecule has 1 unspecified atom stereocenters. The molecular formula is C11H19N3O2. The van der Waals surface area contributed by atoms with Crippen LogP contribution in [0.5, 0.6) is 0 Å². The smallest absolute Gasteiger partial charge is 0.227 e. The number of nitrogens with zero attached hydrogens (tertiary/aromatic N) is 1. The lowest BCUT2D eigenvalue weighted by Crippen LogP contribution is -2.55. The highest BCUT2D eigenvalue weighted by molar-refractivity contribution is 5.84. The molecule has 0 saturated carbocycles. The Labute approximate surface area is 95.6 Å². The van der Waals surface area contributed by atoms with Crippen molar-refractivity contribution in [1.82, 2.24) is 15.5 Å². The average Bonchev–Trinajstić information content (AvgIpc) is 2.30. The Morgan fingerprint density at radius 3 is 2.88 bits per heavy atom. The van der Waals surface area contributed by atoms with E-state index in [1.54, 1.807) is 0 Å². The third kappa shape index (κ3) is 2.35. The van der Waals surface area contributed by atoms with E-state index in [0.29, 0.717) is 19.4 Å². The number of piperidine rings is 1. The maximum absolute atomic E-state index is 12.2. The van der Waals surface area contributed by atoms with E-state index < -0.39 is 0 Å². The van der Waals surface area contributed by atoms with E-state index in [4.69, 9.17) is 0 Å². The predicted octanol–water partition coefficient (Wildman–Crippen LogP) is -0.667. The van der Waals surface area contributed by atoms with Crippen molar-refractivity contribution in [3.8, 4) is 0 Å². The minimum atomic E-state index is -0.0155. The molecule has 0 aromatic heterocycles. The van der Waals surface area contributed by atoms with Crippen LogP contribution >= 0.6 is 0 Å². The van der Waals surface area contributed by atoms with Crippen LogP contribution in [0.15, 0.2) is 0 Å². The number of carbonyl (C=O) groups is 2. The van der Waals surface area contributed by atoms with Crippen LogP contribution in [0.2, 0.25) is 0 Å². The molecule has 2 saturated heterocycles. The van der Waals surface area contributed by atoms with Gasteiger partial charge in [0.25, 0.3) is 0 Å². The molecule has 0 aromatic rings. The van der Waals surface area contributed by atoms with Gasteiger partial charge in [0.05, 0.1) is 5.92 Å². The fourth-order valence-electron chi connectivity index (χ4n) is 2.35. The maximum atomic E-state index is 12.2. The van der Waals surface area contributed by atoms with Gasteiger partial charge >= 0.3 is 0 Å². The highest BCUT2D eigenvalue weighted by Gasteiger charge is 2.31. The first-order chi connectivity index (χ1) is 7.68. The maximum Gasteiger partial charge on any atom is 0.227 e. The van der Waals surface area contributed by atoms with Gasteiger partial charge in [0.1, 0.15) is 0 Å². The molecule has 2 atom stereocenters. The van der Waals surface area contributed by atoms with Crippen molar-refractivity contribution >= 4 is 11.8 Å². The summed E-state index contributed by atoms with van der Waals surface area (Å²) in [7, 11) is 0. The van der Waals surface area contributed by atoms with Gasteiger partial charge < -0.3 is 15.5 Å². The Bertz CT molecular complexity index is 283. The van der Waals surface area contributed by atoms with E-state index in [9.17, 15) is 9.59 Å². The number of hydrogen-bond donors (Lipinski definition) is 2. The number of rotatable bonds is 1. The van der Waals surface area contributed by atoms with Gasteiger partial charge in [-0.3, -0.25) is 9.59 Å². The van der Waals surface area contributed by atoms with E-state index >= 15 is 0 Å². The summed E-state index contributed by atoms with van der Waals surface area (Å²) in [5, 5.41) is 6.03. The molecule has 5 nitrogen and oxygen atoms in total. The van der Waals surface area contributed by atoms with Gasteiger partial charge in [0.15, 0.2) is 0 Å². The highest BCUT2D eigenvalue weighted by Crippen LogP contribution is 2.16. The quantitative estimate of drug-likeness (QED) is 0.622. The second kappa shape index (κ2) is 4.82. The van der Waals surface area contributed by atoms with Gasteiger partial charge in [-0.25, -0.2) is 0 Å². The summed E-state index contributed by atoms with van der Waals surface area (Å²) in [5.41, 5.74) is 0. The van der Waals surface area contributed by atoms with Crippen molar-refractivity contribution in [2.24, 2.45) is 5.92 Å². The van der Waals surface area contributed by atoms with Crippen LogP contribution in [0.1, 0.15) is 19.8 Å². The Morgan fingerprint density at radius 1 is 1.44 bits per heavy atom. The number of nitrogens with one attached hydrogen (secondary N) is 2. The molecule has 90 valence electrons. The molecular weight excluding hydrogens is 206 g/mol. The number of amides is 2. The molecule has 2 aliphatic heterocycles. The SMILES string of the molecule is C[C@@H]1CNCCN1C(=O)C1CCC(=O)NC1. The van der Waals surface area contributed by atoms with Crippen LogP contribution in [0, 0.1) is 5.92 Å². The van der Waals surface area contributed by atoms with Gasteiger partial charge in [0, 0.05) is 38.6 Å². The summed E-state index contributed by atoms with van der Waals surface area (Å²) >= 11 is 0. The molecule has 16 heavy (non-hydrogen) atoms. The van der Waals surface area contributed by atoms with Crippen molar-refractivity contribution < 1.29 is 9.59 Å². The molecule has 2 rings (SSSR count). The summed E-state index contributed by atoms with van der Waals surface area (Å²) in [6, 6.07) is 0.263. The third-order valence-corrected chi connectivity index (χ3v) is 3.40. The first-order valence-corrected chi connectivity index (χ1v) is 5.96. The molecule has 0 aromatic carbocycles. The molecule has 2 heterocycles. The third-order valence-electron chi connectivity index (χ3n) is 3.40. The molecule has 0 spiro atoms. The van der Waals surface area contributed by atoms with Crippen LogP contribution in [-0.4, -0.2) is 48.9 Å². The molecule has 0 radical (unpaired) electrons. The second-order valence-electron chi connectivity index (χ2n) is 4.62. The Kier molecular flexibility index (Phi) is 3.43. The molecule has 2 N–H and O–H groups in total. The van der Waals surface area contributed by atoms with Crippen LogP contribution in [-0.2, 0) is 9.59 Å². The minimum Gasteiger partial charge on any atom is -0.355 e. The summed E-state index contributed by atoms with van der Waals surface area (Å²) in [6.45, 7) is 5.09. The molecule has 2 fully saturated rings. The molecule has 2 amide bonds. The Balaban J connectivity index is 1.93. The fraction of sp³-hybridized carbons (Fsp3) is 0.818. The molecule has 0 bridgehead atoms. The van der Waals surface area contributed by atoms with E-state index in [1.807, 2.05) is 4.90 Å². The van der Waals surface area contributed by atoms with E-state index in [2.05, 4.69) is 17.6 Å². The zero-order valence-corrected chi connectivity index (χ0v) is 9.66. The van der Waals surface area contributed by atoms with Crippen molar-refractivity contribution in [3.63, 3.8) is 0 Å². The van der Waals surface area contributed by atoms with E-state index in [0.717, 1.165) is 19.6 Å². The molecule has 0 aliphatic carbocycles. The minimum absolute atomic E-state index is 0.0155. The monoisotopic (exact) mass is 225 g/mol. The Hall–Kier alpha value is -1.10. The largest absolute Gasteiger partial charge is 0.355 e. The van der Waals surface area contributed by atoms with Crippen molar-refractivity contribution in [2.45, 2.75) is 25.8 Å². The standard InChI is InChI=1S/C11H19N3O2/c1-8-6-12-4-5-14(8)11(16)9-2-3-10(15)13-7-9/h8-9,12H,2-7H2,1H3,(H,13,15)/t8-,9?/m1/s1. The van der Waals surface area contributed by atoms with Crippen LogP contribution < -0.4 is 10.6 Å². The first kappa shape index (κ1) is 11.4. The zero-order chi connectivity index (χ0) is 11.5. The first-order valence-electron chi connectivity index (χ1n) is 5.96. The normalized spacial score (nSPS) is 31.1. The summed E-state index contributed by atoms with van der Waals surface area (Å²) in [5.74, 6) is 0.254. The van der Waals surface area contributed by atoms with E-state index in [-0.39, 0.29) is 23.8 Å². The summed E-state index contributed by atoms with van der Waals surface area (Å²) < 4.78 is 0. The lowest BCUT2D eigenvalue weighted by atomic mass is 9.96. The lowest BCUT2D eigenvalue weighted by Gasteiger charge is -2.37. The topological polar surface area (TPSA) is 61.4 Å². The van der Waals surface area contributed by atoms with Crippen LogP contribution in [0.25, 0.3) is 0 Å². The summed E-state index contributed by atoms with van der Waals surface area (Å²) in [4.78, 5) is 25.2. The number of hydrogen-bond acceptors (Lipinski definition) is 3. The molecule has 2 aliphatic rings. The second-order valence-corrected chi connectivity index (χ2v) is 4.62. The van der Waals surface area contributed by atoms with Crippen molar-refractivity contribution in [2.75, 3.05) is 26.2 Å². The average molecular weight is 225 g/mol. The fourth-order valence-corrected chi connectivity index (χ4v) is 2.35. The van der Waals surface area contributed by atoms with Crippen molar-refractivity contribution in [3.05, 3.63) is 0 Å². The van der Waals surface area contributed by atoms with Gasteiger partial charge in [-0.2, -0.15) is 0 Å². The Morgan fingerprint density at radius 2 is 2.25 bits per heavy atom. The van der Waals surface area contributed by atoms with Crippen LogP contribution in [0.4, 0.5) is 0 Å². The highest BCUT2D eigenvalue weighted by atomic mass is 16.2. The summed E-state index contributed by atoms with van der Waals surface area (Å²) in [6.07, 6.45) is 1.18. The van der Waals surface area contributed by atoms with Crippen molar-refractivity contribution in [1.29, 1.82) is 0 Å². The van der Waals surface area contributed by atoms with Gasteiger partial charge in [-0.15, -0.1) is 0 Å². The zero-order valence-electron chi connectivity index (χ0n) is 9.66.